The third kappa shape index (κ3) is 11.8. The van der Waals surface area contributed by atoms with E-state index in [2.05, 4.69) is 21.1 Å². The van der Waals surface area contributed by atoms with Crippen LogP contribution in [0.1, 0.15) is 45.1 Å². The minimum absolute atomic E-state index is 0.0301. The fourth-order valence-electron chi connectivity index (χ4n) is 4.41. The van der Waals surface area contributed by atoms with Crippen LogP contribution in [0.5, 0.6) is 5.75 Å². The molecular weight excluding hydrogens is 564 g/mol. The van der Waals surface area contributed by atoms with Gasteiger partial charge in [0.2, 0.25) is 29.6 Å². The molecule has 238 valence electrons. The lowest BCUT2D eigenvalue weighted by Gasteiger charge is -2.28. The molecule has 43 heavy (non-hydrogen) atoms. The number of oxime groups is 1. The smallest absolute Gasteiger partial charge is 0.322 e. The average molecular weight is 607 g/mol. The van der Waals surface area contributed by atoms with Crippen LogP contribution in [0.25, 0.3) is 0 Å². The fourth-order valence-corrected chi connectivity index (χ4v) is 4.41. The SMILES string of the molecule is CC(C)C[C@H](NC(=O)[C@@H]1CCCN1C(=O)[C@@H](N)CCO/N=C(/N)NC(=O)[C@@H](N)Cc1ccc(O)cc1)C(=O)NCC(=O)O. The van der Waals surface area contributed by atoms with Crippen molar-refractivity contribution in [3.05, 3.63) is 29.8 Å². The first-order valence-corrected chi connectivity index (χ1v) is 13.9. The van der Waals surface area contributed by atoms with Gasteiger partial charge >= 0.3 is 5.97 Å². The molecule has 1 fully saturated rings. The van der Waals surface area contributed by atoms with Crippen LogP contribution in [0.2, 0.25) is 0 Å². The highest BCUT2D eigenvalue weighted by Gasteiger charge is 2.37. The van der Waals surface area contributed by atoms with Crippen molar-refractivity contribution in [2.45, 2.75) is 70.1 Å². The molecule has 2 rings (SSSR count). The van der Waals surface area contributed by atoms with Crippen LogP contribution in [-0.4, -0.2) is 94.5 Å². The van der Waals surface area contributed by atoms with E-state index in [1.54, 1.807) is 12.1 Å². The summed E-state index contributed by atoms with van der Waals surface area (Å²) >= 11 is 0. The topological polar surface area (TPSA) is 265 Å². The Hall–Kier alpha value is -4.44. The number of nitrogens with zero attached hydrogens (tertiary/aromatic N) is 2. The van der Waals surface area contributed by atoms with Crippen LogP contribution in [0.15, 0.2) is 29.4 Å². The summed E-state index contributed by atoms with van der Waals surface area (Å²) < 4.78 is 0. The molecule has 1 saturated heterocycles. The molecule has 16 heteroatoms. The average Bonchev–Trinajstić information content (AvgIpc) is 3.44. The van der Waals surface area contributed by atoms with E-state index in [1.807, 2.05) is 13.8 Å². The van der Waals surface area contributed by atoms with Crippen molar-refractivity contribution < 1.29 is 39.0 Å². The lowest BCUT2D eigenvalue weighted by molar-refractivity contribution is -0.141. The number of hydrogen-bond acceptors (Lipinski definition) is 10. The molecule has 1 aromatic rings. The molecule has 0 spiro atoms. The van der Waals surface area contributed by atoms with Gasteiger partial charge < -0.3 is 47.8 Å². The number of hydrogen-bond donors (Lipinski definition) is 8. The second kappa shape index (κ2) is 16.9. The second-order valence-electron chi connectivity index (χ2n) is 10.7. The number of carbonyl (C=O) groups is 5. The summed E-state index contributed by atoms with van der Waals surface area (Å²) in [6.07, 6.45) is 1.44. The minimum Gasteiger partial charge on any atom is -0.508 e. The monoisotopic (exact) mass is 606 g/mol. The molecule has 11 N–H and O–H groups in total. The lowest BCUT2D eigenvalue weighted by Crippen LogP contribution is -2.55. The quantitative estimate of drug-likeness (QED) is 0.0471. The summed E-state index contributed by atoms with van der Waals surface area (Å²) in [5.74, 6) is -3.66. The van der Waals surface area contributed by atoms with E-state index >= 15 is 0 Å². The van der Waals surface area contributed by atoms with Gasteiger partial charge in [-0.25, -0.2) is 0 Å². The van der Waals surface area contributed by atoms with Crippen molar-refractivity contribution in [2.75, 3.05) is 19.7 Å². The molecule has 0 saturated carbocycles. The number of guanidine groups is 1. The molecule has 0 bridgehead atoms. The number of aliphatic carboxylic acids is 1. The maximum Gasteiger partial charge on any atom is 0.322 e. The van der Waals surface area contributed by atoms with Crippen LogP contribution in [0, 0.1) is 5.92 Å². The number of carbonyl (C=O) groups excluding carboxylic acids is 4. The van der Waals surface area contributed by atoms with Gasteiger partial charge in [-0.05, 0) is 54.5 Å². The van der Waals surface area contributed by atoms with Crippen molar-refractivity contribution in [2.24, 2.45) is 28.3 Å². The summed E-state index contributed by atoms with van der Waals surface area (Å²) in [6, 6.07) is 2.48. The molecule has 0 aromatic heterocycles. The maximum absolute atomic E-state index is 13.1. The van der Waals surface area contributed by atoms with E-state index < -0.39 is 60.3 Å². The summed E-state index contributed by atoms with van der Waals surface area (Å²) in [5, 5.41) is 29.0. The number of rotatable bonds is 15. The van der Waals surface area contributed by atoms with Gasteiger partial charge in [0, 0.05) is 13.0 Å². The van der Waals surface area contributed by atoms with Crippen molar-refractivity contribution in [3.63, 3.8) is 0 Å². The first-order chi connectivity index (χ1) is 20.3. The predicted molar refractivity (Wildman–Crippen MR) is 155 cm³/mol. The molecule has 16 nitrogen and oxygen atoms in total. The number of carboxylic acid groups (broad SMARTS) is 1. The number of carboxylic acids is 1. The van der Waals surface area contributed by atoms with Crippen LogP contribution < -0.4 is 33.2 Å². The van der Waals surface area contributed by atoms with Gasteiger partial charge in [-0.15, -0.1) is 0 Å². The summed E-state index contributed by atoms with van der Waals surface area (Å²) in [5.41, 5.74) is 18.4. The third-order valence-electron chi connectivity index (χ3n) is 6.57. The number of likely N-dealkylation sites (tertiary alicyclic amines) is 1. The Balaban J connectivity index is 1.84. The van der Waals surface area contributed by atoms with E-state index in [0.717, 1.165) is 5.56 Å². The normalized spacial score (nSPS) is 17.1. The highest BCUT2D eigenvalue weighted by atomic mass is 16.6. The molecule has 4 atom stereocenters. The summed E-state index contributed by atoms with van der Waals surface area (Å²) in [4.78, 5) is 68.1. The Kier molecular flexibility index (Phi) is 13.6. The molecule has 1 aliphatic heterocycles. The van der Waals surface area contributed by atoms with Gasteiger partial charge in [-0.3, -0.25) is 29.3 Å². The number of nitrogens with two attached hydrogens (primary N) is 3. The number of phenolic OH excluding ortho intramolecular Hbond substituents is 1. The maximum atomic E-state index is 13.1. The Morgan fingerprint density at radius 1 is 1.09 bits per heavy atom. The third-order valence-corrected chi connectivity index (χ3v) is 6.57. The number of nitrogens with one attached hydrogen (secondary N) is 3. The van der Waals surface area contributed by atoms with Crippen LogP contribution in [0.4, 0.5) is 0 Å². The lowest BCUT2D eigenvalue weighted by atomic mass is 10.0. The van der Waals surface area contributed by atoms with Gasteiger partial charge in [0.05, 0.1) is 12.1 Å². The van der Waals surface area contributed by atoms with Crippen molar-refractivity contribution in [3.8, 4) is 5.75 Å². The molecular formula is C27H42N8O8. The predicted octanol–water partition coefficient (Wildman–Crippen LogP) is -1.94. The molecule has 1 aromatic carbocycles. The van der Waals surface area contributed by atoms with Gasteiger partial charge in [-0.2, -0.15) is 0 Å². The van der Waals surface area contributed by atoms with Crippen molar-refractivity contribution in [1.82, 2.24) is 20.9 Å². The molecule has 0 radical (unpaired) electrons. The highest BCUT2D eigenvalue weighted by Crippen LogP contribution is 2.20. The van der Waals surface area contributed by atoms with E-state index in [4.69, 9.17) is 27.1 Å². The molecule has 0 unspecified atom stereocenters. The van der Waals surface area contributed by atoms with Gasteiger partial charge in [-0.1, -0.05) is 26.0 Å². The minimum atomic E-state index is -1.21. The van der Waals surface area contributed by atoms with Crippen molar-refractivity contribution in [1.29, 1.82) is 0 Å². The molecule has 4 amide bonds. The first kappa shape index (κ1) is 34.8. The van der Waals surface area contributed by atoms with Crippen molar-refractivity contribution >= 4 is 35.6 Å². The zero-order valence-corrected chi connectivity index (χ0v) is 24.3. The van der Waals surface area contributed by atoms with E-state index in [1.165, 1.54) is 17.0 Å². The highest BCUT2D eigenvalue weighted by molar-refractivity contribution is 5.98. The molecule has 1 aliphatic rings. The van der Waals surface area contributed by atoms with E-state index in [-0.39, 0.29) is 43.5 Å². The Bertz CT molecular complexity index is 1160. The number of amides is 4. The summed E-state index contributed by atoms with van der Waals surface area (Å²) in [7, 11) is 0. The zero-order chi connectivity index (χ0) is 32.1. The Morgan fingerprint density at radius 2 is 1.77 bits per heavy atom. The Morgan fingerprint density at radius 3 is 2.40 bits per heavy atom. The fraction of sp³-hybridized carbons (Fsp3) is 0.556. The largest absolute Gasteiger partial charge is 0.508 e. The van der Waals surface area contributed by atoms with Crippen LogP contribution in [-0.2, 0) is 35.2 Å². The van der Waals surface area contributed by atoms with Gasteiger partial charge in [0.15, 0.2) is 0 Å². The van der Waals surface area contributed by atoms with Gasteiger partial charge in [0.1, 0.15) is 31.0 Å². The van der Waals surface area contributed by atoms with Crippen LogP contribution in [0.3, 0.4) is 0 Å². The second-order valence-corrected chi connectivity index (χ2v) is 10.7. The summed E-state index contributed by atoms with van der Waals surface area (Å²) in [6.45, 7) is 3.32. The number of benzene rings is 1. The molecule has 1 heterocycles. The number of phenols is 1. The number of aromatic hydroxyl groups is 1. The zero-order valence-electron chi connectivity index (χ0n) is 24.3. The van der Waals surface area contributed by atoms with Gasteiger partial charge in [0.25, 0.3) is 0 Å². The van der Waals surface area contributed by atoms with E-state index in [9.17, 15) is 29.1 Å². The van der Waals surface area contributed by atoms with Crippen LogP contribution >= 0.6 is 0 Å². The molecule has 0 aliphatic carbocycles. The standard InChI is InChI=1S/C27H42N8O8/c1-15(2)12-20(24(40)31-14-22(37)38)32-25(41)21-4-3-10-35(21)26(42)18(28)9-11-43-34-27(30)33-23(39)19(29)13-16-5-7-17(36)8-6-16/h5-8,15,18-21,36H,3-4,9-14,28-29H2,1-2H3,(H,31,40)(H,32,41)(H,37,38)(H3,30,33,34,39)/t18-,19-,20-,21-/m0/s1. The Labute approximate surface area is 249 Å². The van der Waals surface area contributed by atoms with E-state index in [0.29, 0.717) is 19.4 Å². The first-order valence-electron chi connectivity index (χ1n) is 13.9.